The molecule has 1 atom stereocenters. The molecule has 1 aromatic heterocycles. The summed E-state index contributed by atoms with van der Waals surface area (Å²) in [6.45, 7) is 3.95. The van der Waals surface area contributed by atoms with Crippen LogP contribution in [0.15, 0.2) is 24.3 Å². The number of nitrogens with zero attached hydrogens (tertiary/aromatic N) is 3. The van der Waals surface area contributed by atoms with Crippen LogP contribution >= 0.6 is 0 Å². The van der Waals surface area contributed by atoms with Gasteiger partial charge in [-0.3, -0.25) is 0 Å². The zero-order valence-electron chi connectivity index (χ0n) is 10.9. The highest BCUT2D eigenvalue weighted by molar-refractivity contribution is 5.76. The Kier molecular flexibility index (Phi) is 3.31. The number of hydrogen-bond donors (Lipinski definition) is 1. The summed E-state index contributed by atoms with van der Waals surface area (Å²) in [6.07, 6.45) is 0. The SMILES string of the molecule is Cc1nc2ccccc2nc1N1CCOCC1CO. The van der Waals surface area contributed by atoms with Crippen LogP contribution in [0.3, 0.4) is 0 Å². The molecule has 1 aromatic carbocycles. The Bertz CT molecular complexity index is 588. The van der Waals surface area contributed by atoms with E-state index in [4.69, 9.17) is 9.72 Å². The maximum atomic E-state index is 9.46. The number of rotatable bonds is 2. The monoisotopic (exact) mass is 259 g/mol. The molecule has 1 saturated heterocycles. The van der Waals surface area contributed by atoms with E-state index in [9.17, 15) is 5.11 Å². The smallest absolute Gasteiger partial charge is 0.151 e. The van der Waals surface area contributed by atoms with E-state index in [1.807, 2.05) is 31.2 Å². The second-order valence-corrected chi connectivity index (χ2v) is 4.73. The van der Waals surface area contributed by atoms with Crippen LogP contribution in [0.4, 0.5) is 5.82 Å². The van der Waals surface area contributed by atoms with Crippen molar-refractivity contribution in [2.45, 2.75) is 13.0 Å². The van der Waals surface area contributed by atoms with Crippen molar-refractivity contribution < 1.29 is 9.84 Å². The summed E-state index contributed by atoms with van der Waals surface area (Å²) in [5.41, 5.74) is 2.67. The molecule has 0 spiro atoms. The Labute approximate surface area is 111 Å². The molecule has 1 N–H and O–H groups in total. The molecule has 1 aliphatic heterocycles. The molecular formula is C14H17N3O2. The first-order valence-electron chi connectivity index (χ1n) is 6.48. The summed E-state index contributed by atoms with van der Waals surface area (Å²) >= 11 is 0. The van der Waals surface area contributed by atoms with Crippen molar-refractivity contribution in [2.75, 3.05) is 31.3 Å². The van der Waals surface area contributed by atoms with E-state index >= 15 is 0 Å². The number of morpholine rings is 1. The van der Waals surface area contributed by atoms with Gasteiger partial charge in [0.25, 0.3) is 0 Å². The molecular weight excluding hydrogens is 242 g/mol. The molecule has 1 unspecified atom stereocenters. The van der Waals surface area contributed by atoms with Gasteiger partial charge in [0.05, 0.1) is 42.6 Å². The third-order valence-electron chi connectivity index (χ3n) is 3.43. The normalized spacial score (nSPS) is 19.9. The lowest BCUT2D eigenvalue weighted by molar-refractivity contribution is 0.0722. The van der Waals surface area contributed by atoms with Gasteiger partial charge in [0.1, 0.15) is 0 Å². The molecule has 100 valence electrons. The van der Waals surface area contributed by atoms with Crippen LogP contribution < -0.4 is 4.90 Å². The Morgan fingerprint density at radius 1 is 1.32 bits per heavy atom. The lowest BCUT2D eigenvalue weighted by Gasteiger charge is -2.35. The first-order valence-corrected chi connectivity index (χ1v) is 6.48. The number of anilines is 1. The van der Waals surface area contributed by atoms with Crippen molar-refractivity contribution >= 4 is 16.9 Å². The first kappa shape index (κ1) is 12.3. The minimum absolute atomic E-state index is 0.0390. The number of aliphatic hydroxyl groups excluding tert-OH is 1. The molecule has 5 heteroatoms. The van der Waals surface area contributed by atoms with Gasteiger partial charge in [-0.05, 0) is 19.1 Å². The molecule has 2 heterocycles. The van der Waals surface area contributed by atoms with Crippen molar-refractivity contribution in [1.82, 2.24) is 9.97 Å². The number of aromatic nitrogens is 2. The topological polar surface area (TPSA) is 58.5 Å². The van der Waals surface area contributed by atoms with Gasteiger partial charge in [-0.25, -0.2) is 9.97 Å². The van der Waals surface area contributed by atoms with Gasteiger partial charge in [-0.1, -0.05) is 12.1 Å². The summed E-state index contributed by atoms with van der Waals surface area (Å²) in [4.78, 5) is 11.4. The Morgan fingerprint density at radius 3 is 2.79 bits per heavy atom. The van der Waals surface area contributed by atoms with Crippen LogP contribution in [0, 0.1) is 6.92 Å². The third kappa shape index (κ3) is 2.27. The van der Waals surface area contributed by atoms with E-state index < -0.39 is 0 Å². The number of aliphatic hydroxyl groups is 1. The van der Waals surface area contributed by atoms with Crippen molar-refractivity contribution in [3.8, 4) is 0 Å². The zero-order valence-corrected chi connectivity index (χ0v) is 10.9. The molecule has 1 fully saturated rings. The van der Waals surface area contributed by atoms with Gasteiger partial charge in [0.15, 0.2) is 5.82 Å². The summed E-state index contributed by atoms with van der Waals surface area (Å²) < 4.78 is 5.40. The van der Waals surface area contributed by atoms with Gasteiger partial charge in [-0.15, -0.1) is 0 Å². The fourth-order valence-corrected chi connectivity index (χ4v) is 2.44. The summed E-state index contributed by atoms with van der Waals surface area (Å²) in [6, 6.07) is 7.80. The van der Waals surface area contributed by atoms with E-state index in [0.29, 0.717) is 13.2 Å². The van der Waals surface area contributed by atoms with Gasteiger partial charge < -0.3 is 14.7 Å². The van der Waals surface area contributed by atoms with Crippen molar-refractivity contribution in [3.63, 3.8) is 0 Å². The zero-order chi connectivity index (χ0) is 13.2. The Hall–Kier alpha value is -1.72. The number of ether oxygens (including phenoxy) is 1. The average Bonchev–Trinajstić information content (AvgIpc) is 2.46. The van der Waals surface area contributed by atoms with E-state index in [2.05, 4.69) is 9.88 Å². The lowest BCUT2D eigenvalue weighted by Crippen LogP contribution is -2.48. The van der Waals surface area contributed by atoms with Crippen LogP contribution in [0.2, 0.25) is 0 Å². The number of para-hydroxylation sites is 2. The second kappa shape index (κ2) is 5.11. The molecule has 3 rings (SSSR count). The fraction of sp³-hybridized carbons (Fsp3) is 0.429. The molecule has 19 heavy (non-hydrogen) atoms. The van der Waals surface area contributed by atoms with Crippen LogP contribution in [0.5, 0.6) is 0 Å². The van der Waals surface area contributed by atoms with Crippen molar-refractivity contribution in [2.24, 2.45) is 0 Å². The average molecular weight is 259 g/mol. The van der Waals surface area contributed by atoms with E-state index in [1.54, 1.807) is 0 Å². The summed E-state index contributed by atoms with van der Waals surface area (Å²) in [5, 5.41) is 9.46. The maximum Gasteiger partial charge on any atom is 0.151 e. The molecule has 0 radical (unpaired) electrons. The molecule has 2 aromatic rings. The molecule has 0 saturated carbocycles. The second-order valence-electron chi connectivity index (χ2n) is 4.73. The Morgan fingerprint density at radius 2 is 2.05 bits per heavy atom. The van der Waals surface area contributed by atoms with Gasteiger partial charge in [0, 0.05) is 6.54 Å². The largest absolute Gasteiger partial charge is 0.394 e. The van der Waals surface area contributed by atoms with Gasteiger partial charge >= 0.3 is 0 Å². The van der Waals surface area contributed by atoms with Gasteiger partial charge in [0.2, 0.25) is 0 Å². The number of benzene rings is 1. The lowest BCUT2D eigenvalue weighted by atomic mass is 10.2. The van der Waals surface area contributed by atoms with Crippen LogP contribution in [-0.2, 0) is 4.74 Å². The quantitative estimate of drug-likeness (QED) is 0.876. The standard InChI is InChI=1S/C14H17N3O2/c1-10-14(17-6-7-19-9-11(17)8-18)16-13-5-3-2-4-12(13)15-10/h2-5,11,18H,6-9H2,1H3. The first-order chi connectivity index (χ1) is 9.29. The number of fused-ring (bicyclic) bond motifs is 1. The number of aryl methyl sites for hydroxylation is 1. The van der Waals surface area contributed by atoms with Crippen LogP contribution in [-0.4, -0.2) is 47.5 Å². The van der Waals surface area contributed by atoms with E-state index in [-0.39, 0.29) is 12.6 Å². The Balaban J connectivity index is 2.05. The molecule has 0 bridgehead atoms. The van der Waals surface area contributed by atoms with E-state index in [1.165, 1.54) is 0 Å². The van der Waals surface area contributed by atoms with Crippen molar-refractivity contribution in [3.05, 3.63) is 30.0 Å². The summed E-state index contributed by atoms with van der Waals surface area (Å²) in [5.74, 6) is 0.848. The summed E-state index contributed by atoms with van der Waals surface area (Å²) in [7, 11) is 0. The highest BCUT2D eigenvalue weighted by Crippen LogP contribution is 2.23. The van der Waals surface area contributed by atoms with Crippen molar-refractivity contribution in [1.29, 1.82) is 0 Å². The number of hydrogen-bond acceptors (Lipinski definition) is 5. The molecule has 0 amide bonds. The highest BCUT2D eigenvalue weighted by atomic mass is 16.5. The maximum absolute atomic E-state index is 9.46. The van der Waals surface area contributed by atoms with Crippen LogP contribution in [0.1, 0.15) is 5.69 Å². The minimum atomic E-state index is -0.0390. The highest BCUT2D eigenvalue weighted by Gasteiger charge is 2.25. The van der Waals surface area contributed by atoms with Gasteiger partial charge in [-0.2, -0.15) is 0 Å². The fourth-order valence-electron chi connectivity index (χ4n) is 2.44. The minimum Gasteiger partial charge on any atom is -0.394 e. The predicted octanol–water partition coefficient (Wildman–Crippen LogP) is 1.14. The third-order valence-corrected chi connectivity index (χ3v) is 3.43. The molecule has 1 aliphatic rings. The van der Waals surface area contributed by atoms with E-state index in [0.717, 1.165) is 29.1 Å². The van der Waals surface area contributed by atoms with Crippen LogP contribution in [0.25, 0.3) is 11.0 Å². The molecule has 5 nitrogen and oxygen atoms in total. The predicted molar refractivity (Wildman–Crippen MR) is 73.3 cm³/mol. The molecule has 0 aliphatic carbocycles.